The van der Waals surface area contributed by atoms with Crippen molar-refractivity contribution in [3.05, 3.63) is 35.3 Å². The Labute approximate surface area is 166 Å². The van der Waals surface area contributed by atoms with Crippen molar-refractivity contribution in [3.8, 4) is 5.75 Å². The van der Waals surface area contributed by atoms with Gasteiger partial charge in [-0.3, -0.25) is 0 Å². The number of ether oxygens (including phenoxy) is 1. The summed E-state index contributed by atoms with van der Waals surface area (Å²) in [7, 11) is 1.71. The fourth-order valence-corrected chi connectivity index (χ4v) is 4.04. The van der Waals surface area contributed by atoms with E-state index in [9.17, 15) is 0 Å². The first-order valence-electron chi connectivity index (χ1n) is 9.13. The lowest BCUT2D eigenvalue weighted by molar-refractivity contribution is 0.193. The number of anilines is 3. The quantitative estimate of drug-likeness (QED) is 0.629. The van der Waals surface area contributed by atoms with Gasteiger partial charge in [-0.05, 0) is 40.9 Å². The minimum Gasteiger partial charge on any atom is -0.495 e. The number of hydrogen-bond acceptors (Lipinski definition) is 6. The molecule has 142 valence electrons. The lowest BCUT2D eigenvalue weighted by atomic mass is 9.75. The largest absolute Gasteiger partial charge is 0.495 e. The molecule has 0 radical (unpaired) electrons. The van der Waals surface area contributed by atoms with Crippen molar-refractivity contribution in [2.24, 2.45) is 5.41 Å². The van der Waals surface area contributed by atoms with E-state index in [-0.39, 0.29) is 0 Å². The van der Waals surface area contributed by atoms with E-state index in [4.69, 9.17) is 4.74 Å². The van der Waals surface area contributed by atoms with Gasteiger partial charge in [-0.25, -0.2) is 14.5 Å². The first-order valence-corrected chi connectivity index (χ1v) is 9.92. The Hall–Kier alpha value is -2.35. The van der Waals surface area contributed by atoms with Gasteiger partial charge in [0.05, 0.1) is 19.0 Å². The van der Waals surface area contributed by atoms with Crippen molar-refractivity contribution in [2.75, 3.05) is 30.4 Å². The molecule has 1 aliphatic rings. The van der Waals surface area contributed by atoms with Crippen LogP contribution in [0.4, 0.5) is 17.2 Å². The van der Waals surface area contributed by atoms with Crippen LogP contribution in [0.3, 0.4) is 0 Å². The summed E-state index contributed by atoms with van der Waals surface area (Å²) in [5, 5.41) is 7.49. The van der Waals surface area contributed by atoms with Crippen molar-refractivity contribution in [1.82, 2.24) is 19.6 Å². The average Bonchev–Trinajstić information content (AvgIpc) is 3.11. The average molecular weight is 431 g/mol. The fraction of sp³-hybridized carbons (Fsp3) is 0.421. The Morgan fingerprint density at radius 1 is 1.26 bits per heavy atom. The van der Waals surface area contributed by atoms with Crippen molar-refractivity contribution < 1.29 is 4.74 Å². The van der Waals surface area contributed by atoms with Crippen LogP contribution in [0.5, 0.6) is 5.75 Å². The van der Waals surface area contributed by atoms with Gasteiger partial charge in [0.1, 0.15) is 16.7 Å². The third-order valence-electron chi connectivity index (χ3n) is 5.57. The van der Waals surface area contributed by atoms with Gasteiger partial charge >= 0.3 is 0 Å². The van der Waals surface area contributed by atoms with Crippen LogP contribution in [-0.4, -0.2) is 39.8 Å². The second kappa shape index (κ2) is 6.99. The van der Waals surface area contributed by atoms with Gasteiger partial charge < -0.3 is 15.0 Å². The lowest BCUT2D eigenvalue weighted by Crippen LogP contribution is -2.56. The molecule has 3 heterocycles. The van der Waals surface area contributed by atoms with Gasteiger partial charge in [0, 0.05) is 30.3 Å². The molecule has 1 saturated heterocycles. The minimum atomic E-state index is 0.446. The lowest BCUT2D eigenvalue weighted by Gasteiger charge is -2.51. The maximum Gasteiger partial charge on any atom is 0.198 e. The van der Waals surface area contributed by atoms with Crippen molar-refractivity contribution in [3.63, 3.8) is 0 Å². The van der Waals surface area contributed by atoms with Crippen LogP contribution >= 0.6 is 15.9 Å². The van der Waals surface area contributed by atoms with E-state index in [1.165, 1.54) is 19.2 Å². The third kappa shape index (κ3) is 3.22. The van der Waals surface area contributed by atoms with E-state index in [1.54, 1.807) is 17.8 Å². The molecular formula is C19H23BrN6O. The zero-order chi connectivity index (χ0) is 19.0. The molecule has 7 nitrogen and oxygen atoms in total. The number of aromatic nitrogens is 4. The molecule has 0 atom stereocenters. The predicted molar refractivity (Wildman–Crippen MR) is 110 cm³/mol. The van der Waals surface area contributed by atoms with E-state index in [0.717, 1.165) is 30.2 Å². The number of rotatable bonds is 6. The SMILES string of the molecule is CCC1(CC)CN(c2ccc(Nc3nc(Br)cn4ncnc34)cc2OC)C1. The summed E-state index contributed by atoms with van der Waals surface area (Å²) < 4.78 is 8.03. The maximum atomic E-state index is 5.67. The molecule has 8 heteroatoms. The Morgan fingerprint density at radius 3 is 2.74 bits per heavy atom. The molecule has 0 amide bonds. The molecule has 0 spiro atoms. The predicted octanol–water partition coefficient (Wildman–Crippen LogP) is 4.27. The van der Waals surface area contributed by atoms with Crippen LogP contribution < -0.4 is 15.0 Å². The van der Waals surface area contributed by atoms with Crippen LogP contribution in [-0.2, 0) is 0 Å². The maximum absolute atomic E-state index is 5.67. The molecule has 4 rings (SSSR count). The first-order chi connectivity index (χ1) is 13.1. The second-order valence-electron chi connectivity index (χ2n) is 7.02. The molecule has 3 aromatic rings. The highest BCUT2D eigenvalue weighted by Crippen LogP contribution is 2.43. The topological polar surface area (TPSA) is 67.6 Å². The summed E-state index contributed by atoms with van der Waals surface area (Å²) in [4.78, 5) is 11.1. The zero-order valence-corrected chi connectivity index (χ0v) is 17.3. The Kier molecular flexibility index (Phi) is 4.67. The first kappa shape index (κ1) is 18.0. The summed E-state index contributed by atoms with van der Waals surface area (Å²) in [6.07, 6.45) is 5.71. The highest BCUT2D eigenvalue weighted by molar-refractivity contribution is 9.10. The molecule has 1 fully saturated rings. The van der Waals surface area contributed by atoms with Gasteiger partial charge in [-0.1, -0.05) is 13.8 Å². The van der Waals surface area contributed by atoms with Crippen LogP contribution in [0.15, 0.2) is 35.3 Å². The monoisotopic (exact) mass is 430 g/mol. The van der Waals surface area contributed by atoms with E-state index >= 15 is 0 Å². The molecule has 2 aromatic heterocycles. The fourth-order valence-electron chi connectivity index (χ4n) is 3.67. The second-order valence-corrected chi connectivity index (χ2v) is 7.83. The number of benzene rings is 1. The van der Waals surface area contributed by atoms with Crippen LogP contribution in [0, 0.1) is 5.41 Å². The van der Waals surface area contributed by atoms with E-state index in [1.807, 2.05) is 12.1 Å². The summed E-state index contributed by atoms with van der Waals surface area (Å²) in [6.45, 7) is 6.72. The molecule has 0 saturated carbocycles. The molecular weight excluding hydrogens is 408 g/mol. The van der Waals surface area contributed by atoms with Crippen molar-refractivity contribution >= 4 is 38.8 Å². The molecule has 0 aliphatic carbocycles. The van der Waals surface area contributed by atoms with Gasteiger partial charge in [0.15, 0.2) is 11.5 Å². The Morgan fingerprint density at radius 2 is 2.04 bits per heavy atom. The molecule has 1 aromatic carbocycles. The van der Waals surface area contributed by atoms with E-state index in [0.29, 0.717) is 21.5 Å². The molecule has 1 N–H and O–H groups in total. The number of halogens is 1. The van der Waals surface area contributed by atoms with Gasteiger partial charge in [0.25, 0.3) is 0 Å². The standard InChI is InChI=1S/C19H23BrN6O/c1-4-19(5-2)10-25(11-19)14-7-6-13(8-15(14)27-3)23-17-18-21-12-22-26(18)9-16(20)24-17/h6-9,12H,4-5,10-11H2,1-3H3,(H,23,24). The van der Waals surface area contributed by atoms with Gasteiger partial charge in [-0.2, -0.15) is 5.10 Å². The Bertz CT molecular complexity index is 960. The molecule has 0 unspecified atom stereocenters. The number of methoxy groups -OCH3 is 1. The number of fused-ring (bicyclic) bond motifs is 1. The van der Waals surface area contributed by atoms with Gasteiger partial charge in [0.2, 0.25) is 0 Å². The number of hydrogen-bond donors (Lipinski definition) is 1. The van der Waals surface area contributed by atoms with Gasteiger partial charge in [-0.15, -0.1) is 0 Å². The molecule has 1 aliphatic heterocycles. The zero-order valence-electron chi connectivity index (χ0n) is 15.7. The summed E-state index contributed by atoms with van der Waals surface area (Å²) in [5.41, 5.74) is 3.14. The normalized spacial score (nSPS) is 15.6. The summed E-state index contributed by atoms with van der Waals surface area (Å²) >= 11 is 3.41. The minimum absolute atomic E-state index is 0.446. The summed E-state index contributed by atoms with van der Waals surface area (Å²) in [5.74, 6) is 1.49. The molecule has 0 bridgehead atoms. The summed E-state index contributed by atoms with van der Waals surface area (Å²) in [6, 6.07) is 6.16. The molecule has 27 heavy (non-hydrogen) atoms. The van der Waals surface area contributed by atoms with Crippen LogP contribution in [0.25, 0.3) is 5.65 Å². The van der Waals surface area contributed by atoms with E-state index in [2.05, 4.69) is 61.1 Å². The van der Waals surface area contributed by atoms with E-state index < -0.39 is 0 Å². The number of nitrogens with one attached hydrogen (secondary N) is 1. The third-order valence-corrected chi connectivity index (χ3v) is 5.95. The number of nitrogens with zero attached hydrogens (tertiary/aromatic N) is 5. The highest BCUT2D eigenvalue weighted by atomic mass is 79.9. The Balaban J connectivity index is 1.59. The van der Waals surface area contributed by atoms with Crippen molar-refractivity contribution in [1.29, 1.82) is 0 Å². The smallest absolute Gasteiger partial charge is 0.198 e. The van der Waals surface area contributed by atoms with Crippen LogP contribution in [0.1, 0.15) is 26.7 Å². The highest BCUT2D eigenvalue weighted by Gasteiger charge is 2.40. The van der Waals surface area contributed by atoms with Crippen LogP contribution in [0.2, 0.25) is 0 Å². The van der Waals surface area contributed by atoms with Crippen molar-refractivity contribution in [2.45, 2.75) is 26.7 Å².